The first-order valence-electron chi connectivity index (χ1n) is 8.17. The van der Waals surface area contributed by atoms with Crippen LogP contribution in [0.3, 0.4) is 0 Å². The van der Waals surface area contributed by atoms with Crippen LogP contribution in [0.2, 0.25) is 0 Å². The molecule has 1 aliphatic heterocycles. The van der Waals surface area contributed by atoms with E-state index in [0.717, 1.165) is 4.90 Å². The maximum Gasteiger partial charge on any atom is 0.261 e. The molecule has 2 aromatic rings. The number of rotatable bonds is 5. The number of hydrogen-bond donors (Lipinski definition) is 1. The van der Waals surface area contributed by atoms with Crippen molar-refractivity contribution in [1.29, 1.82) is 0 Å². The van der Waals surface area contributed by atoms with E-state index in [1.807, 2.05) is 6.92 Å². The number of likely N-dealkylation sites (N-methyl/N-ethyl adjacent to an activating group) is 1. The largest absolute Gasteiger partial charge is 0.362 e. The highest BCUT2D eigenvalue weighted by atomic mass is 19.1. The van der Waals surface area contributed by atoms with Crippen LogP contribution in [0.1, 0.15) is 27.6 Å². The zero-order chi connectivity index (χ0) is 18.8. The van der Waals surface area contributed by atoms with Crippen LogP contribution in [0.15, 0.2) is 42.5 Å². The summed E-state index contributed by atoms with van der Waals surface area (Å²) in [5.41, 5.74) is 1.64. The van der Waals surface area contributed by atoms with E-state index < -0.39 is 5.91 Å². The molecule has 0 fully saturated rings. The first-order chi connectivity index (χ1) is 12.4. The number of benzene rings is 2. The van der Waals surface area contributed by atoms with Gasteiger partial charge in [0.1, 0.15) is 5.82 Å². The molecule has 0 aromatic heterocycles. The number of carbonyl (C=O) groups is 3. The molecule has 134 valence electrons. The highest BCUT2D eigenvalue weighted by Crippen LogP contribution is 2.25. The number of hydrogen-bond acceptors (Lipinski definition) is 4. The minimum atomic E-state index is -0.393. The number of amides is 3. The van der Waals surface area contributed by atoms with Gasteiger partial charge in [-0.1, -0.05) is 6.07 Å². The summed E-state index contributed by atoms with van der Waals surface area (Å²) in [6.45, 7) is 2.43. The second kappa shape index (κ2) is 6.95. The first kappa shape index (κ1) is 17.6. The zero-order valence-corrected chi connectivity index (χ0v) is 14.5. The van der Waals surface area contributed by atoms with Crippen LogP contribution in [-0.4, -0.2) is 42.8 Å². The topological polar surface area (TPSA) is 69.7 Å². The van der Waals surface area contributed by atoms with E-state index >= 15 is 0 Å². The Hall–Kier alpha value is -3.22. The number of nitrogens with one attached hydrogen (secondary N) is 1. The lowest BCUT2D eigenvalue weighted by molar-refractivity contribution is -0.115. The molecule has 0 saturated heterocycles. The number of fused-ring (bicyclic) bond motifs is 1. The second-order valence-electron chi connectivity index (χ2n) is 5.97. The molecule has 0 aliphatic carbocycles. The van der Waals surface area contributed by atoms with Gasteiger partial charge in [-0.25, -0.2) is 4.39 Å². The zero-order valence-electron chi connectivity index (χ0n) is 14.5. The molecule has 3 amide bonds. The Labute approximate surface area is 150 Å². The summed E-state index contributed by atoms with van der Waals surface area (Å²) < 4.78 is 13.4. The summed E-state index contributed by atoms with van der Waals surface area (Å²) >= 11 is 0. The summed E-state index contributed by atoms with van der Waals surface area (Å²) in [5.74, 6) is -1.42. The van der Waals surface area contributed by atoms with E-state index in [9.17, 15) is 18.8 Å². The van der Waals surface area contributed by atoms with Crippen LogP contribution in [-0.2, 0) is 4.79 Å². The summed E-state index contributed by atoms with van der Waals surface area (Å²) in [6, 6.07) is 10.6. The third-order valence-corrected chi connectivity index (χ3v) is 4.26. The monoisotopic (exact) mass is 355 g/mol. The molecule has 3 rings (SSSR count). The van der Waals surface area contributed by atoms with Crippen LogP contribution >= 0.6 is 0 Å². The van der Waals surface area contributed by atoms with Gasteiger partial charge < -0.3 is 10.2 Å². The van der Waals surface area contributed by atoms with Gasteiger partial charge in [-0.05, 0) is 43.3 Å². The van der Waals surface area contributed by atoms with E-state index in [0.29, 0.717) is 23.5 Å². The average molecular weight is 355 g/mol. The average Bonchev–Trinajstić information content (AvgIpc) is 2.84. The van der Waals surface area contributed by atoms with Gasteiger partial charge >= 0.3 is 0 Å². The number of anilines is 2. The Balaban J connectivity index is 1.73. The summed E-state index contributed by atoms with van der Waals surface area (Å²) in [4.78, 5) is 39.0. The molecule has 0 atom stereocenters. The fourth-order valence-electron chi connectivity index (χ4n) is 2.87. The van der Waals surface area contributed by atoms with Crippen molar-refractivity contribution in [3.63, 3.8) is 0 Å². The Kier molecular flexibility index (Phi) is 4.71. The molecule has 0 radical (unpaired) electrons. The molecular formula is C19H18FN3O3. The molecule has 6 nitrogen and oxygen atoms in total. The molecule has 1 aliphatic rings. The smallest absolute Gasteiger partial charge is 0.261 e. The molecule has 0 unspecified atom stereocenters. The third-order valence-electron chi connectivity index (χ3n) is 4.26. The van der Waals surface area contributed by atoms with Crippen molar-refractivity contribution < 1.29 is 18.8 Å². The molecule has 26 heavy (non-hydrogen) atoms. The van der Waals surface area contributed by atoms with Gasteiger partial charge in [0.05, 0.1) is 17.7 Å². The van der Waals surface area contributed by atoms with E-state index in [1.165, 1.54) is 31.3 Å². The van der Waals surface area contributed by atoms with Crippen LogP contribution in [0.25, 0.3) is 0 Å². The molecule has 0 saturated carbocycles. The van der Waals surface area contributed by atoms with Crippen LogP contribution in [0.4, 0.5) is 15.8 Å². The lowest BCUT2D eigenvalue weighted by Crippen LogP contribution is -2.33. The summed E-state index contributed by atoms with van der Waals surface area (Å²) in [5, 5.41) is 2.71. The van der Waals surface area contributed by atoms with Crippen molar-refractivity contribution in [2.24, 2.45) is 0 Å². The maximum atomic E-state index is 13.4. The molecule has 0 bridgehead atoms. The molecular weight excluding hydrogens is 337 g/mol. The first-order valence-corrected chi connectivity index (χ1v) is 8.17. The van der Waals surface area contributed by atoms with Crippen LogP contribution in [0.5, 0.6) is 0 Å². The Morgan fingerprint density at radius 1 is 1.12 bits per heavy atom. The quantitative estimate of drug-likeness (QED) is 0.837. The Morgan fingerprint density at radius 2 is 1.85 bits per heavy atom. The van der Waals surface area contributed by atoms with Gasteiger partial charge in [-0.3, -0.25) is 19.3 Å². The van der Waals surface area contributed by atoms with Crippen molar-refractivity contribution in [1.82, 2.24) is 4.90 Å². The fraction of sp³-hybridized carbons (Fsp3) is 0.211. The predicted molar refractivity (Wildman–Crippen MR) is 95.8 cm³/mol. The van der Waals surface area contributed by atoms with E-state index in [2.05, 4.69) is 5.32 Å². The number of carbonyl (C=O) groups excluding carboxylic acids is 3. The standard InChI is InChI=1S/C19H18FN3O3/c1-3-23(14-6-4-5-12(20)9-14)11-17(24)21-13-7-8-15-16(10-13)19(26)22(2)18(15)25/h4-10H,3,11H2,1-2H3,(H,21,24). The predicted octanol–water partition coefficient (Wildman–Crippen LogP) is 2.52. The maximum absolute atomic E-state index is 13.4. The summed E-state index contributed by atoms with van der Waals surface area (Å²) in [6.07, 6.45) is 0. The molecule has 2 aromatic carbocycles. The van der Waals surface area contributed by atoms with Crippen molar-refractivity contribution in [3.05, 3.63) is 59.4 Å². The van der Waals surface area contributed by atoms with E-state index in [-0.39, 0.29) is 29.7 Å². The number of halogens is 1. The number of nitrogens with zero attached hydrogens (tertiary/aromatic N) is 2. The lowest BCUT2D eigenvalue weighted by Gasteiger charge is -2.22. The van der Waals surface area contributed by atoms with Crippen molar-refractivity contribution in [2.75, 3.05) is 30.4 Å². The third kappa shape index (κ3) is 3.28. The number of imide groups is 1. The normalized spacial score (nSPS) is 13.0. The van der Waals surface area contributed by atoms with Gasteiger partial charge in [0.15, 0.2) is 0 Å². The van der Waals surface area contributed by atoms with Crippen LogP contribution < -0.4 is 10.2 Å². The highest BCUT2D eigenvalue weighted by Gasteiger charge is 2.32. The SMILES string of the molecule is CCN(CC(=O)Nc1ccc2c(c1)C(=O)N(C)C2=O)c1cccc(F)c1. The van der Waals surface area contributed by atoms with Crippen molar-refractivity contribution >= 4 is 29.1 Å². The Morgan fingerprint density at radius 3 is 2.54 bits per heavy atom. The fourth-order valence-corrected chi connectivity index (χ4v) is 2.87. The van der Waals surface area contributed by atoms with Crippen molar-refractivity contribution in [3.8, 4) is 0 Å². The van der Waals surface area contributed by atoms with Gasteiger partial charge in [-0.2, -0.15) is 0 Å². The lowest BCUT2D eigenvalue weighted by atomic mass is 10.1. The van der Waals surface area contributed by atoms with Gasteiger partial charge in [0, 0.05) is 25.0 Å². The molecule has 1 N–H and O–H groups in total. The van der Waals surface area contributed by atoms with E-state index in [4.69, 9.17) is 0 Å². The second-order valence-corrected chi connectivity index (χ2v) is 5.97. The van der Waals surface area contributed by atoms with Crippen molar-refractivity contribution in [2.45, 2.75) is 6.92 Å². The van der Waals surface area contributed by atoms with Gasteiger partial charge in [-0.15, -0.1) is 0 Å². The van der Waals surface area contributed by atoms with Gasteiger partial charge in [0.25, 0.3) is 11.8 Å². The molecule has 0 spiro atoms. The van der Waals surface area contributed by atoms with Crippen LogP contribution in [0, 0.1) is 5.82 Å². The highest BCUT2D eigenvalue weighted by molar-refractivity contribution is 6.21. The Bertz CT molecular complexity index is 897. The molecule has 7 heteroatoms. The minimum absolute atomic E-state index is 0.0316. The molecule has 1 heterocycles. The van der Waals surface area contributed by atoms with E-state index in [1.54, 1.807) is 23.1 Å². The van der Waals surface area contributed by atoms with Gasteiger partial charge in [0.2, 0.25) is 5.91 Å². The minimum Gasteiger partial charge on any atom is -0.362 e. The summed E-state index contributed by atoms with van der Waals surface area (Å²) in [7, 11) is 1.42.